The highest BCUT2D eigenvalue weighted by atomic mass is 19.4. The Bertz CT molecular complexity index is 460. The normalized spacial score (nSPS) is 35.1. The van der Waals surface area contributed by atoms with Crippen molar-refractivity contribution < 1.29 is 26.7 Å². The van der Waals surface area contributed by atoms with Gasteiger partial charge in [0.1, 0.15) is 5.60 Å². The lowest BCUT2D eigenvalue weighted by atomic mass is 9.70. The van der Waals surface area contributed by atoms with E-state index in [9.17, 15) is 22.0 Å². The van der Waals surface area contributed by atoms with Crippen molar-refractivity contribution in [2.24, 2.45) is 11.8 Å². The predicted octanol–water partition coefficient (Wildman–Crippen LogP) is 5.45. The maximum Gasteiger partial charge on any atom is 0.523 e. The van der Waals surface area contributed by atoms with Crippen molar-refractivity contribution in [2.75, 3.05) is 6.67 Å². The molecule has 2 unspecified atom stereocenters. The van der Waals surface area contributed by atoms with Crippen molar-refractivity contribution in [1.82, 2.24) is 0 Å². The zero-order chi connectivity index (χ0) is 16.9. The van der Waals surface area contributed by atoms with E-state index in [1.165, 1.54) is 18.2 Å². The molecule has 1 fully saturated rings. The molecule has 1 nitrogen and oxygen atoms in total. The highest BCUT2D eigenvalue weighted by molar-refractivity contribution is 5.25. The molecule has 2 rings (SSSR count). The lowest BCUT2D eigenvalue weighted by Crippen LogP contribution is -2.51. The molecule has 6 heteroatoms. The van der Waals surface area contributed by atoms with Gasteiger partial charge in [0.2, 0.25) is 0 Å². The van der Waals surface area contributed by atoms with Crippen LogP contribution in [0.2, 0.25) is 0 Å². The second kappa shape index (κ2) is 7.60. The van der Waals surface area contributed by atoms with E-state index in [0.717, 1.165) is 6.08 Å². The summed E-state index contributed by atoms with van der Waals surface area (Å²) in [5.74, 6) is -0.326. The van der Waals surface area contributed by atoms with E-state index in [0.29, 0.717) is 32.1 Å². The Labute approximate surface area is 132 Å². The van der Waals surface area contributed by atoms with Gasteiger partial charge in [-0.2, -0.15) is 0 Å². The SMILES string of the molecule is FCCC=C[C@H]1CC[C@H](C2(OC(F)(F)F)C=CC=CC2F)CC1. The molecule has 2 atom stereocenters. The maximum absolute atomic E-state index is 14.3. The summed E-state index contributed by atoms with van der Waals surface area (Å²) < 4.78 is 69.1. The molecule has 0 aromatic heterocycles. The minimum Gasteiger partial charge on any atom is -0.277 e. The van der Waals surface area contributed by atoms with Gasteiger partial charge in [-0.25, -0.2) is 4.39 Å². The van der Waals surface area contributed by atoms with Crippen molar-refractivity contribution in [2.45, 2.75) is 50.2 Å². The first-order valence-corrected chi connectivity index (χ1v) is 7.87. The Kier molecular flexibility index (Phi) is 6.00. The first kappa shape index (κ1) is 18.2. The van der Waals surface area contributed by atoms with Gasteiger partial charge in [0.15, 0.2) is 6.17 Å². The Morgan fingerprint density at radius 2 is 1.83 bits per heavy atom. The first-order chi connectivity index (χ1) is 10.9. The summed E-state index contributed by atoms with van der Waals surface area (Å²) in [4.78, 5) is 0. The third-order valence-electron chi connectivity index (χ3n) is 4.57. The molecule has 0 spiro atoms. The minimum atomic E-state index is -4.89. The molecule has 23 heavy (non-hydrogen) atoms. The van der Waals surface area contributed by atoms with Crippen molar-refractivity contribution in [3.63, 3.8) is 0 Å². The summed E-state index contributed by atoms with van der Waals surface area (Å²) in [6.45, 7) is -0.422. The number of rotatable bonds is 5. The number of halogens is 5. The van der Waals surface area contributed by atoms with Crippen LogP contribution in [0.4, 0.5) is 22.0 Å². The molecule has 1 saturated carbocycles. The fourth-order valence-corrected chi connectivity index (χ4v) is 3.46. The number of hydrogen-bond acceptors (Lipinski definition) is 1. The van der Waals surface area contributed by atoms with E-state index in [1.807, 2.05) is 6.08 Å². The number of hydrogen-bond donors (Lipinski definition) is 0. The van der Waals surface area contributed by atoms with Crippen LogP contribution in [0.25, 0.3) is 0 Å². The molecule has 0 amide bonds. The molecular weight excluding hydrogens is 315 g/mol. The third-order valence-corrected chi connectivity index (χ3v) is 4.57. The minimum absolute atomic E-state index is 0.210. The number of alkyl halides is 5. The summed E-state index contributed by atoms with van der Waals surface area (Å²) in [6.07, 6.45) is 4.62. The molecular formula is C17H21F5O. The van der Waals surface area contributed by atoms with Crippen molar-refractivity contribution in [3.05, 3.63) is 36.5 Å². The van der Waals surface area contributed by atoms with Crippen LogP contribution < -0.4 is 0 Å². The molecule has 0 aromatic carbocycles. The molecule has 0 N–H and O–H groups in total. The lowest BCUT2D eigenvalue weighted by Gasteiger charge is -2.43. The standard InChI is InChI=1S/C17H21F5O/c18-12-4-2-5-13-7-9-14(10-8-13)16(23-17(20,21)22)11-3-1-6-15(16)19/h1-3,5-6,11,13-15H,4,7-10,12H2/t13-,14-,15?,16?. The third kappa shape index (κ3) is 4.66. The average Bonchev–Trinajstić information content (AvgIpc) is 2.49. The van der Waals surface area contributed by atoms with Crippen LogP contribution in [-0.2, 0) is 4.74 Å². The van der Waals surface area contributed by atoms with E-state index in [1.54, 1.807) is 6.08 Å². The van der Waals surface area contributed by atoms with Crippen molar-refractivity contribution in [1.29, 1.82) is 0 Å². The van der Waals surface area contributed by atoms with Crippen molar-refractivity contribution in [3.8, 4) is 0 Å². The van der Waals surface area contributed by atoms with Crippen LogP contribution in [0.15, 0.2) is 36.5 Å². The van der Waals surface area contributed by atoms with E-state index >= 15 is 0 Å². The summed E-state index contributed by atoms with van der Waals surface area (Å²) in [5, 5.41) is 0. The van der Waals surface area contributed by atoms with E-state index < -0.39 is 30.7 Å². The Morgan fingerprint density at radius 1 is 1.13 bits per heavy atom. The highest BCUT2D eigenvalue weighted by Gasteiger charge is 2.52. The Balaban J connectivity index is 2.07. The van der Waals surface area contributed by atoms with Gasteiger partial charge < -0.3 is 0 Å². The summed E-state index contributed by atoms with van der Waals surface area (Å²) in [7, 11) is 0. The molecule has 2 aliphatic rings. The molecule has 130 valence electrons. The van der Waals surface area contributed by atoms with Gasteiger partial charge >= 0.3 is 6.36 Å². The summed E-state index contributed by atoms with van der Waals surface area (Å²) in [6, 6.07) is 0. The highest BCUT2D eigenvalue weighted by Crippen LogP contribution is 2.45. The van der Waals surface area contributed by atoms with Gasteiger partial charge in [0, 0.05) is 0 Å². The molecule has 0 radical (unpaired) electrons. The molecule has 0 heterocycles. The molecule has 2 aliphatic carbocycles. The summed E-state index contributed by atoms with van der Waals surface area (Å²) in [5.41, 5.74) is -1.97. The van der Waals surface area contributed by atoms with E-state index in [-0.39, 0.29) is 5.92 Å². The second-order valence-electron chi connectivity index (χ2n) is 6.06. The van der Waals surface area contributed by atoms with Crippen LogP contribution in [0.1, 0.15) is 32.1 Å². The molecule has 0 aromatic rings. The fraction of sp³-hybridized carbons (Fsp3) is 0.647. The average molecular weight is 336 g/mol. The maximum atomic E-state index is 14.3. The van der Waals surface area contributed by atoms with Gasteiger partial charge in [-0.15, -0.1) is 13.2 Å². The lowest BCUT2D eigenvalue weighted by molar-refractivity contribution is -0.373. The quantitative estimate of drug-likeness (QED) is 0.479. The van der Waals surface area contributed by atoms with Gasteiger partial charge in [0.05, 0.1) is 6.67 Å². The molecule has 0 saturated heterocycles. The van der Waals surface area contributed by atoms with Crippen molar-refractivity contribution >= 4 is 0 Å². The zero-order valence-corrected chi connectivity index (χ0v) is 12.7. The monoisotopic (exact) mass is 336 g/mol. The Morgan fingerprint density at radius 3 is 2.39 bits per heavy atom. The van der Waals surface area contributed by atoms with Crippen LogP contribution in [0, 0.1) is 11.8 Å². The predicted molar refractivity (Wildman–Crippen MR) is 78.2 cm³/mol. The fourth-order valence-electron chi connectivity index (χ4n) is 3.46. The van der Waals surface area contributed by atoms with Crippen LogP contribution in [0.3, 0.4) is 0 Å². The van der Waals surface area contributed by atoms with Gasteiger partial charge in [0.25, 0.3) is 0 Å². The van der Waals surface area contributed by atoms with Crippen LogP contribution in [0.5, 0.6) is 0 Å². The van der Waals surface area contributed by atoms with Gasteiger partial charge in [-0.3, -0.25) is 9.13 Å². The van der Waals surface area contributed by atoms with Crippen LogP contribution in [-0.4, -0.2) is 24.8 Å². The largest absolute Gasteiger partial charge is 0.523 e. The van der Waals surface area contributed by atoms with Gasteiger partial charge in [-0.1, -0.05) is 24.3 Å². The van der Waals surface area contributed by atoms with Gasteiger partial charge in [-0.05, 0) is 56.1 Å². The topological polar surface area (TPSA) is 9.23 Å². The number of ether oxygens (including phenoxy) is 1. The zero-order valence-electron chi connectivity index (χ0n) is 12.7. The first-order valence-electron chi connectivity index (χ1n) is 7.87. The smallest absolute Gasteiger partial charge is 0.277 e. The second-order valence-corrected chi connectivity index (χ2v) is 6.06. The summed E-state index contributed by atoms with van der Waals surface area (Å²) >= 11 is 0. The molecule has 0 aliphatic heterocycles. The Hall–Kier alpha value is -1.17. The number of allylic oxidation sites excluding steroid dienone is 4. The van der Waals surface area contributed by atoms with E-state index in [4.69, 9.17) is 0 Å². The van der Waals surface area contributed by atoms with Crippen LogP contribution >= 0.6 is 0 Å². The van der Waals surface area contributed by atoms with E-state index in [2.05, 4.69) is 4.74 Å². The molecule has 0 bridgehead atoms.